The Hall–Kier alpha value is -0.900. The molecule has 2 saturated carbocycles. The number of nitrogens with zero attached hydrogens (tertiary/aromatic N) is 2. The molecule has 0 bridgehead atoms. The van der Waals surface area contributed by atoms with Gasteiger partial charge in [0.15, 0.2) is 5.82 Å². The smallest absolute Gasteiger partial charge is 0.244 e. The molecule has 98 valence electrons. The third kappa shape index (κ3) is 1.54. The lowest BCUT2D eigenvalue weighted by Gasteiger charge is -2.13. The Bertz CT molecular complexity index is 467. The summed E-state index contributed by atoms with van der Waals surface area (Å²) in [6.45, 7) is 5.67. The minimum Gasteiger partial charge on any atom is -0.338 e. The SMILES string of the molecule is CC1(C)CC1c1noc(C2NCC3CCCC32)n1. The summed E-state index contributed by atoms with van der Waals surface area (Å²) in [6.07, 6.45) is 5.24. The highest BCUT2D eigenvalue weighted by molar-refractivity contribution is 5.15. The van der Waals surface area contributed by atoms with Crippen molar-refractivity contribution < 1.29 is 4.52 Å². The number of hydrogen-bond donors (Lipinski definition) is 1. The molecule has 4 unspecified atom stereocenters. The number of fused-ring (bicyclic) bond motifs is 1. The summed E-state index contributed by atoms with van der Waals surface area (Å²) in [6, 6.07) is 0.320. The largest absolute Gasteiger partial charge is 0.338 e. The van der Waals surface area contributed by atoms with E-state index in [-0.39, 0.29) is 0 Å². The first-order valence-electron chi connectivity index (χ1n) is 7.22. The molecule has 4 nitrogen and oxygen atoms in total. The molecule has 3 fully saturated rings. The van der Waals surface area contributed by atoms with Gasteiger partial charge in [-0.1, -0.05) is 25.4 Å². The first-order chi connectivity index (χ1) is 8.65. The van der Waals surface area contributed by atoms with Gasteiger partial charge in [0.1, 0.15) is 0 Å². The third-order valence-corrected chi connectivity index (χ3v) is 5.29. The number of aromatic nitrogens is 2. The molecule has 4 rings (SSSR count). The normalized spacial score (nSPS) is 41.0. The lowest BCUT2D eigenvalue weighted by Crippen LogP contribution is -2.18. The first kappa shape index (κ1) is 11.0. The summed E-state index contributed by atoms with van der Waals surface area (Å²) in [5.74, 6) is 3.84. The van der Waals surface area contributed by atoms with E-state index in [0.717, 1.165) is 30.1 Å². The molecule has 2 heterocycles. The molecule has 18 heavy (non-hydrogen) atoms. The van der Waals surface area contributed by atoms with E-state index >= 15 is 0 Å². The van der Waals surface area contributed by atoms with E-state index in [1.807, 2.05) is 0 Å². The van der Waals surface area contributed by atoms with Gasteiger partial charge in [0.25, 0.3) is 0 Å². The van der Waals surface area contributed by atoms with Gasteiger partial charge in [0, 0.05) is 5.92 Å². The summed E-state index contributed by atoms with van der Waals surface area (Å²) < 4.78 is 5.53. The standard InChI is InChI=1S/C14H21N3O/c1-14(2)6-10(14)12-16-13(18-17-12)11-9-5-3-4-8(9)7-15-11/h8-11,15H,3-7H2,1-2H3. The van der Waals surface area contributed by atoms with E-state index in [0.29, 0.717) is 17.4 Å². The van der Waals surface area contributed by atoms with Crippen molar-refractivity contribution in [3.05, 3.63) is 11.7 Å². The van der Waals surface area contributed by atoms with Crippen LogP contribution < -0.4 is 5.32 Å². The summed E-state index contributed by atoms with van der Waals surface area (Å²) in [4.78, 5) is 4.67. The summed E-state index contributed by atoms with van der Waals surface area (Å²) in [5, 5.41) is 7.78. The maximum absolute atomic E-state index is 5.53. The average Bonchev–Trinajstić information content (AvgIpc) is 2.83. The third-order valence-electron chi connectivity index (χ3n) is 5.29. The van der Waals surface area contributed by atoms with Gasteiger partial charge in [0.2, 0.25) is 5.89 Å². The lowest BCUT2D eigenvalue weighted by atomic mass is 9.94. The van der Waals surface area contributed by atoms with Crippen LogP contribution in [-0.2, 0) is 0 Å². The second-order valence-electron chi connectivity index (χ2n) is 6.98. The van der Waals surface area contributed by atoms with Crippen LogP contribution in [0.3, 0.4) is 0 Å². The van der Waals surface area contributed by atoms with Crippen LogP contribution in [-0.4, -0.2) is 16.7 Å². The highest BCUT2D eigenvalue weighted by atomic mass is 16.5. The molecule has 2 aliphatic carbocycles. The van der Waals surface area contributed by atoms with Crippen molar-refractivity contribution in [2.45, 2.75) is 51.5 Å². The van der Waals surface area contributed by atoms with Crippen molar-refractivity contribution in [2.24, 2.45) is 17.3 Å². The Kier molecular flexibility index (Phi) is 2.17. The minimum absolute atomic E-state index is 0.320. The van der Waals surface area contributed by atoms with Crippen molar-refractivity contribution in [1.82, 2.24) is 15.5 Å². The van der Waals surface area contributed by atoms with Gasteiger partial charge >= 0.3 is 0 Å². The molecule has 1 aliphatic heterocycles. The minimum atomic E-state index is 0.320. The van der Waals surface area contributed by atoms with Gasteiger partial charge in [-0.2, -0.15) is 4.98 Å². The van der Waals surface area contributed by atoms with E-state index in [1.165, 1.54) is 25.7 Å². The molecular formula is C14H21N3O. The fraction of sp³-hybridized carbons (Fsp3) is 0.857. The molecule has 0 radical (unpaired) electrons. The Morgan fingerprint density at radius 3 is 2.94 bits per heavy atom. The first-order valence-corrected chi connectivity index (χ1v) is 7.22. The molecule has 4 heteroatoms. The van der Waals surface area contributed by atoms with E-state index in [9.17, 15) is 0 Å². The molecule has 0 spiro atoms. The topological polar surface area (TPSA) is 51.0 Å². The molecule has 1 aromatic rings. The van der Waals surface area contributed by atoms with Crippen LogP contribution in [0.1, 0.15) is 63.2 Å². The van der Waals surface area contributed by atoms with Crippen LogP contribution in [0.2, 0.25) is 0 Å². The van der Waals surface area contributed by atoms with Crippen molar-refractivity contribution >= 4 is 0 Å². The van der Waals surface area contributed by atoms with Crippen LogP contribution in [0.4, 0.5) is 0 Å². The Balaban J connectivity index is 1.55. The van der Waals surface area contributed by atoms with E-state index in [4.69, 9.17) is 4.52 Å². The number of rotatable bonds is 2. The predicted molar refractivity (Wildman–Crippen MR) is 67.0 cm³/mol. The molecule has 3 aliphatic rings. The van der Waals surface area contributed by atoms with Crippen LogP contribution in [0.5, 0.6) is 0 Å². The highest BCUT2D eigenvalue weighted by Gasteiger charge is 2.50. The monoisotopic (exact) mass is 247 g/mol. The zero-order chi connectivity index (χ0) is 12.3. The van der Waals surface area contributed by atoms with Crippen LogP contribution in [0.25, 0.3) is 0 Å². The maximum atomic E-state index is 5.53. The van der Waals surface area contributed by atoms with Gasteiger partial charge in [0.05, 0.1) is 6.04 Å². The second kappa shape index (κ2) is 3.56. The summed E-state index contributed by atoms with van der Waals surface area (Å²) in [7, 11) is 0. The van der Waals surface area contributed by atoms with Gasteiger partial charge in [-0.3, -0.25) is 0 Å². The number of nitrogens with one attached hydrogen (secondary N) is 1. The lowest BCUT2D eigenvalue weighted by molar-refractivity contribution is 0.300. The quantitative estimate of drug-likeness (QED) is 0.873. The molecule has 1 N–H and O–H groups in total. The average molecular weight is 247 g/mol. The van der Waals surface area contributed by atoms with Crippen molar-refractivity contribution in [2.75, 3.05) is 6.54 Å². The van der Waals surface area contributed by atoms with Crippen molar-refractivity contribution in [1.29, 1.82) is 0 Å². The molecule has 1 aromatic heterocycles. The van der Waals surface area contributed by atoms with Crippen LogP contribution in [0.15, 0.2) is 4.52 Å². The van der Waals surface area contributed by atoms with E-state index in [2.05, 4.69) is 29.3 Å². The number of hydrogen-bond acceptors (Lipinski definition) is 4. The van der Waals surface area contributed by atoms with Gasteiger partial charge in [-0.25, -0.2) is 0 Å². The Morgan fingerprint density at radius 2 is 2.17 bits per heavy atom. The molecule has 1 saturated heterocycles. The van der Waals surface area contributed by atoms with E-state index in [1.54, 1.807) is 0 Å². The summed E-state index contributed by atoms with van der Waals surface area (Å²) >= 11 is 0. The Labute approximate surface area is 108 Å². The fourth-order valence-electron chi connectivity index (χ4n) is 3.88. The van der Waals surface area contributed by atoms with Gasteiger partial charge in [-0.05, 0) is 43.1 Å². The van der Waals surface area contributed by atoms with Crippen molar-refractivity contribution in [3.63, 3.8) is 0 Å². The van der Waals surface area contributed by atoms with E-state index < -0.39 is 0 Å². The van der Waals surface area contributed by atoms with Gasteiger partial charge < -0.3 is 9.84 Å². The van der Waals surface area contributed by atoms with Crippen LogP contribution in [0, 0.1) is 17.3 Å². The van der Waals surface area contributed by atoms with Gasteiger partial charge in [-0.15, -0.1) is 0 Å². The molecular weight excluding hydrogens is 226 g/mol. The van der Waals surface area contributed by atoms with Crippen molar-refractivity contribution in [3.8, 4) is 0 Å². The molecule has 4 atom stereocenters. The Morgan fingerprint density at radius 1 is 1.33 bits per heavy atom. The second-order valence-corrected chi connectivity index (χ2v) is 6.98. The summed E-state index contributed by atoms with van der Waals surface area (Å²) in [5.41, 5.74) is 0.375. The highest BCUT2D eigenvalue weighted by Crippen LogP contribution is 2.57. The molecule has 0 amide bonds. The fourth-order valence-corrected chi connectivity index (χ4v) is 3.88. The zero-order valence-corrected chi connectivity index (χ0v) is 11.1. The molecule has 0 aromatic carbocycles. The zero-order valence-electron chi connectivity index (χ0n) is 11.1. The maximum Gasteiger partial charge on any atom is 0.244 e. The predicted octanol–water partition coefficient (Wildman–Crippen LogP) is 2.64. The van der Waals surface area contributed by atoms with Crippen LogP contribution >= 0.6 is 0 Å².